The molecule has 0 fully saturated rings. The molecule has 0 N–H and O–H groups in total. The fourth-order valence-electron chi connectivity index (χ4n) is 2.40. The average molecular weight is 326 g/mol. The molecule has 2 rings (SSSR count). The first-order valence-corrected chi connectivity index (χ1v) is 7.89. The van der Waals surface area contributed by atoms with E-state index in [4.69, 9.17) is 27.7 Å². The van der Waals surface area contributed by atoms with Crippen molar-refractivity contribution in [3.63, 3.8) is 0 Å². The van der Waals surface area contributed by atoms with Crippen LogP contribution < -0.4 is 0 Å². The van der Waals surface area contributed by atoms with Crippen molar-refractivity contribution in [1.82, 2.24) is 5.16 Å². The van der Waals surface area contributed by atoms with Crippen molar-refractivity contribution in [3.05, 3.63) is 39.6 Å². The first kappa shape index (κ1) is 16.4. The standard InChI is InChI=1S/C17H21Cl2NO/c1-10(2)16-11(9-17(3,4)5)15(20-21-16)14-12(18)7-6-8-13(14)19/h6-8,10H,9H2,1-5H3. The Kier molecular flexibility index (Phi) is 4.69. The van der Waals surface area contributed by atoms with E-state index in [1.165, 1.54) is 0 Å². The lowest BCUT2D eigenvalue weighted by atomic mass is 9.85. The van der Waals surface area contributed by atoms with E-state index in [0.29, 0.717) is 10.0 Å². The molecule has 1 aromatic carbocycles. The highest BCUT2D eigenvalue weighted by molar-refractivity contribution is 6.39. The summed E-state index contributed by atoms with van der Waals surface area (Å²) in [6, 6.07) is 5.49. The summed E-state index contributed by atoms with van der Waals surface area (Å²) in [4.78, 5) is 0. The first-order chi connectivity index (χ1) is 9.70. The summed E-state index contributed by atoms with van der Waals surface area (Å²) in [5.74, 6) is 1.18. The molecule has 1 heterocycles. The van der Waals surface area contributed by atoms with Crippen LogP contribution in [0.3, 0.4) is 0 Å². The maximum atomic E-state index is 6.33. The fourth-order valence-corrected chi connectivity index (χ4v) is 2.97. The lowest BCUT2D eigenvalue weighted by molar-refractivity contribution is 0.362. The molecule has 0 saturated carbocycles. The van der Waals surface area contributed by atoms with Gasteiger partial charge >= 0.3 is 0 Å². The normalized spacial score (nSPS) is 12.2. The van der Waals surface area contributed by atoms with E-state index in [1.807, 2.05) is 18.2 Å². The molecule has 4 heteroatoms. The van der Waals surface area contributed by atoms with E-state index in [0.717, 1.165) is 29.0 Å². The van der Waals surface area contributed by atoms with Crippen LogP contribution in [0.5, 0.6) is 0 Å². The Morgan fingerprint density at radius 1 is 1.14 bits per heavy atom. The van der Waals surface area contributed by atoms with Gasteiger partial charge in [-0.1, -0.05) is 69.0 Å². The molecular weight excluding hydrogens is 305 g/mol. The monoisotopic (exact) mass is 325 g/mol. The Bertz CT molecular complexity index is 618. The number of rotatable bonds is 3. The Morgan fingerprint density at radius 3 is 2.19 bits per heavy atom. The molecule has 0 radical (unpaired) electrons. The molecule has 2 nitrogen and oxygen atoms in total. The van der Waals surface area contributed by atoms with E-state index in [-0.39, 0.29) is 11.3 Å². The molecule has 0 spiro atoms. The summed E-state index contributed by atoms with van der Waals surface area (Å²) in [6.45, 7) is 10.8. The smallest absolute Gasteiger partial charge is 0.143 e. The maximum Gasteiger partial charge on any atom is 0.143 e. The summed E-state index contributed by atoms with van der Waals surface area (Å²) in [7, 11) is 0. The van der Waals surface area contributed by atoms with Gasteiger partial charge in [0.05, 0.1) is 10.0 Å². The van der Waals surface area contributed by atoms with Crippen LogP contribution in [0.25, 0.3) is 11.3 Å². The van der Waals surface area contributed by atoms with Gasteiger partial charge in [-0.3, -0.25) is 0 Å². The minimum absolute atomic E-state index is 0.123. The fraction of sp³-hybridized carbons (Fsp3) is 0.471. The molecule has 0 bridgehead atoms. The van der Waals surface area contributed by atoms with Gasteiger partial charge in [-0.05, 0) is 24.0 Å². The zero-order chi connectivity index (χ0) is 15.8. The van der Waals surface area contributed by atoms with E-state index in [9.17, 15) is 0 Å². The van der Waals surface area contributed by atoms with Crippen LogP contribution in [0.4, 0.5) is 0 Å². The maximum absolute atomic E-state index is 6.33. The van der Waals surface area contributed by atoms with Crippen molar-refractivity contribution in [3.8, 4) is 11.3 Å². The number of halogens is 2. The van der Waals surface area contributed by atoms with Crippen LogP contribution >= 0.6 is 23.2 Å². The summed E-state index contributed by atoms with van der Waals surface area (Å²) in [5, 5.41) is 5.47. The zero-order valence-electron chi connectivity index (χ0n) is 13.1. The van der Waals surface area contributed by atoms with Crippen molar-refractivity contribution in [1.29, 1.82) is 0 Å². The second-order valence-electron chi connectivity index (χ2n) is 6.86. The highest BCUT2D eigenvalue weighted by Crippen LogP contribution is 2.40. The third-order valence-corrected chi connectivity index (χ3v) is 3.88. The molecule has 0 atom stereocenters. The van der Waals surface area contributed by atoms with Gasteiger partial charge < -0.3 is 4.52 Å². The number of hydrogen-bond acceptors (Lipinski definition) is 2. The van der Waals surface area contributed by atoms with Gasteiger partial charge in [0.2, 0.25) is 0 Å². The zero-order valence-corrected chi connectivity index (χ0v) is 14.6. The Hall–Kier alpha value is -0.990. The predicted octanol–water partition coefficient (Wildman–Crippen LogP) is 6.36. The van der Waals surface area contributed by atoms with Gasteiger partial charge in [0.25, 0.3) is 0 Å². The molecule has 114 valence electrons. The number of aromatic nitrogens is 1. The molecule has 0 saturated heterocycles. The second-order valence-corrected chi connectivity index (χ2v) is 7.68. The van der Waals surface area contributed by atoms with E-state index in [1.54, 1.807) is 0 Å². The van der Waals surface area contributed by atoms with E-state index in [2.05, 4.69) is 39.8 Å². The summed E-state index contributed by atoms with van der Waals surface area (Å²) in [5.41, 5.74) is 2.75. The van der Waals surface area contributed by atoms with Crippen LogP contribution in [0, 0.1) is 5.41 Å². The third kappa shape index (κ3) is 3.61. The quantitative estimate of drug-likeness (QED) is 0.656. The minimum atomic E-state index is 0.123. The number of nitrogens with zero attached hydrogens (tertiary/aromatic N) is 1. The minimum Gasteiger partial charge on any atom is -0.360 e. The van der Waals surface area contributed by atoms with Crippen LogP contribution in [0.1, 0.15) is 51.9 Å². The van der Waals surface area contributed by atoms with Crippen LogP contribution in [-0.2, 0) is 6.42 Å². The molecular formula is C17H21Cl2NO. The molecule has 0 unspecified atom stereocenters. The molecule has 1 aromatic heterocycles. The van der Waals surface area contributed by atoms with E-state index < -0.39 is 0 Å². The van der Waals surface area contributed by atoms with Crippen molar-refractivity contribution < 1.29 is 4.52 Å². The largest absolute Gasteiger partial charge is 0.360 e. The number of benzene rings is 1. The molecule has 21 heavy (non-hydrogen) atoms. The average Bonchev–Trinajstić information content (AvgIpc) is 2.70. The highest BCUT2D eigenvalue weighted by atomic mass is 35.5. The van der Waals surface area contributed by atoms with Gasteiger partial charge in [0.1, 0.15) is 11.5 Å². The molecule has 0 amide bonds. The topological polar surface area (TPSA) is 26.0 Å². The van der Waals surface area contributed by atoms with Gasteiger partial charge in [0, 0.05) is 17.0 Å². The molecule has 0 aliphatic rings. The van der Waals surface area contributed by atoms with Crippen molar-refractivity contribution >= 4 is 23.2 Å². The van der Waals surface area contributed by atoms with Crippen LogP contribution in [0.2, 0.25) is 10.0 Å². The van der Waals surface area contributed by atoms with Crippen molar-refractivity contribution in [2.24, 2.45) is 5.41 Å². The van der Waals surface area contributed by atoms with Crippen LogP contribution in [0.15, 0.2) is 22.7 Å². The Balaban J connectivity index is 2.64. The Labute approximate surface area is 136 Å². The summed E-state index contributed by atoms with van der Waals surface area (Å²) < 4.78 is 5.60. The van der Waals surface area contributed by atoms with Gasteiger partial charge in [-0.2, -0.15) is 0 Å². The second kappa shape index (κ2) is 6.02. The van der Waals surface area contributed by atoms with Gasteiger partial charge in [0.15, 0.2) is 0 Å². The molecule has 0 aliphatic heterocycles. The SMILES string of the molecule is CC(C)c1onc(-c2c(Cl)cccc2Cl)c1CC(C)(C)C. The third-order valence-electron chi connectivity index (χ3n) is 3.25. The number of hydrogen-bond donors (Lipinski definition) is 0. The van der Waals surface area contributed by atoms with Crippen molar-refractivity contribution in [2.75, 3.05) is 0 Å². The lowest BCUT2D eigenvalue weighted by Gasteiger charge is -2.19. The van der Waals surface area contributed by atoms with Gasteiger partial charge in [-0.25, -0.2) is 0 Å². The molecule has 0 aliphatic carbocycles. The lowest BCUT2D eigenvalue weighted by Crippen LogP contribution is -2.11. The van der Waals surface area contributed by atoms with Crippen LogP contribution in [-0.4, -0.2) is 5.16 Å². The Morgan fingerprint density at radius 2 is 1.71 bits per heavy atom. The summed E-state index contributed by atoms with van der Waals surface area (Å²) >= 11 is 12.7. The predicted molar refractivity (Wildman–Crippen MR) is 89.2 cm³/mol. The van der Waals surface area contributed by atoms with E-state index >= 15 is 0 Å². The highest BCUT2D eigenvalue weighted by Gasteiger charge is 2.26. The summed E-state index contributed by atoms with van der Waals surface area (Å²) in [6.07, 6.45) is 0.862. The molecule has 2 aromatic rings. The first-order valence-electron chi connectivity index (χ1n) is 7.13. The van der Waals surface area contributed by atoms with Crippen molar-refractivity contribution in [2.45, 2.75) is 47.0 Å². The van der Waals surface area contributed by atoms with Gasteiger partial charge in [-0.15, -0.1) is 0 Å².